The predicted octanol–water partition coefficient (Wildman–Crippen LogP) is 7.39. The number of hydrogen-bond donors (Lipinski definition) is 1. The van der Waals surface area contributed by atoms with Gasteiger partial charge >= 0.3 is 12.3 Å². The molecule has 0 aliphatic rings. The Hall–Kier alpha value is 2.30. The fraction of sp³-hybridized carbons (Fsp3) is 0. The smallest absolute Gasteiger partial charge is 0.271 e. The van der Waals surface area contributed by atoms with Crippen molar-refractivity contribution in [2.75, 3.05) is 0 Å². The molecule has 0 rings (SSSR count). The van der Waals surface area contributed by atoms with Crippen LogP contribution in [0.2, 0.25) is 0 Å². The molecule has 1 N–H and O–H groups in total. The van der Waals surface area contributed by atoms with Gasteiger partial charge in [-0.3, -0.25) is 5.16 Å². The first-order valence-corrected chi connectivity index (χ1v) is 12.2. The maximum absolute atomic E-state index is 7.03. The Balaban J connectivity index is 4.99. The topological polar surface area (TPSA) is 48.6 Å². The first-order valence-electron chi connectivity index (χ1n) is 2.04. The minimum Gasteiger partial charge on any atom is -0.271 e. The van der Waals surface area contributed by atoms with Crippen LogP contribution in [0, 0.1) is 5.16 Å². The average Bonchev–Trinajstić information content (AvgIpc) is 1.48. The van der Waals surface area contributed by atoms with Crippen molar-refractivity contribution in [1.29, 1.82) is 5.16 Å². The van der Waals surface area contributed by atoms with Gasteiger partial charge in [0.05, 0.1) is 0 Å². The van der Waals surface area contributed by atoms with Gasteiger partial charge in [-0.15, -0.1) is 0 Å². The van der Waals surface area contributed by atoms with Gasteiger partial charge < -0.3 is 0 Å². The van der Waals surface area contributed by atoms with E-state index in [1.54, 1.807) is 0 Å². The highest BCUT2D eigenvalue weighted by molar-refractivity contribution is 8.19. The molecule has 72 valence electrons. The van der Waals surface area contributed by atoms with Gasteiger partial charge in [0.25, 0.3) is 0 Å². The molecule has 0 radical (unpaired) electrons. The van der Waals surface area contributed by atoms with Gasteiger partial charge in [0.15, 0.2) is 0 Å². The molecule has 0 bridgehead atoms. The third-order valence-electron chi connectivity index (χ3n) is 0.395. The van der Waals surface area contributed by atoms with Crippen LogP contribution in [0.15, 0.2) is 9.03 Å². The summed E-state index contributed by atoms with van der Waals surface area (Å²) < 4.78 is 6.92. The van der Waals surface area contributed by atoms with E-state index in [2.05, 4.69) is 9.03 Å². The molecule has 0 aliphatic heterocycles. The van der Waals surface area contributed by atoms with Crippen molar-refractivity contribution in [2.45, 2.75) is 0 Å². The van der Waals surface area contributed by atoms with E-state index in [-0.39, 0.29) is 0 Å². The van der Waals surface area contributed by atoms with E-state index in [1.165, 1.54) is 0 Å². The first kappa shape index (κ1) is 14.3. The van der Waals surface area contributed by atoms with Crippen LogP contribution in [0.4, 0.5) is 0 Å². The van der Waals surface area contributed by atoms with E-state index in [0.29, 0.717) is 0 Å². The first-order chi connectivity index (χ1) is 5.12. The number of hydrogen-bond acceptors (Lipinski definition) is 1. The largest absolute Gasteiger partial charge is 0.446 e. The molecule has 0 heterocycles. The normalized spacial score (nSPS) is 12.5. The third kappa shape index (κ3) is 8.88. The number of rotatable bonds is 2. The van der Waals surface area contributed by atoms with Gasteiger partial charge in [-0.2, -0.15) is 4.52 Å². The van der Waals surface area contributed by atoms with E-state index in [9.17, 15) is 0 Å². The van der Waals surface area contributed by atoms with E-state index >= 15 is 0 Å². The van der Waals surface area contributed by atoms with Crippen LogP contribution < -0.4 is 0 Å². The van der Waals surface area contributed by atoms with Crippen molar-refractivity contribution in [2.24, 2.45) is 9.03 Å². The van der Waals surface area contributed by atoms with Crippen LogP contribution in [0.5, 0.6) is 0 Å². The summed E-state index contributed by atoms with van der Waals surface area (Å²) in [7, 11) is 0. The minimum atomic E-state index is -3.19. The van der Waals surface area contributed by atoms with Crippen molar-refractivity contribution >= 4 is 85.7 Å². The van der Waals surface area contributed by atoms with Crippen molar-refractivity contribution in [1.82, 2.24) is 0 Å². The summed E-state index contributed by atoms with van der Waals surface area (Å²) in [4.78, 5) is 0. The van der Waals surface area contributed by atoms with Crippen molar-refractivity contribution in [3.8, 4) is 0 Å². The molecule has 0 aliphatic carbocycles. The van der Waals surface area contributed by atoms with Crippen LogP contribution >= 0.6 is 85.7 Å². The molecule has 3 nitrogen and oxygen atoms in total. The quantitative estimate of drug-likeness (QED) is 0.506. The third-order valence-corrected chi connectivity index (χ3v) is 8.42. The Morgan fingerprint density at radius 3 is 1.75 bits per heavy atom. The summed E-state index contributed by atoms with van der Waals surface area (Å²) in [6.07, 6.45) is -1.66. The lowest BCUT2D eigenvalue weighted by Gasteiger charge is -1.99. The van der Waals surface area contributed by atoms with Gasteiger partial charge in [-0.1, -0.05) is 0 Å². The van der Waals surface area contributed by atoms with E-state index in [4.69, 9.17) is 72.6 Å². The Kier molecular flexibility index (Phi) is 6.44. The van der Waals surface area contributed by atoms with Crippen LogP contribution in [0.25, 0.3) is 0 Å². The molecule has 12 heteroatoms. The lowest BCUT2D eigenvalue weighted by molar-refractivity contribution is 1.61. The van der Waals surface area contributed by atoms with E-state index in [1.807, 2.05) is 0 Å². The Morgan fingerprint density at radius 1 is 1.08 bits per heavy atom. The lowest BCUT2D eigenvalue weighted by Crippen LogP contribution is -1.48. The van der Waals surface area contributed by atoms with Gasteiger partial charge in [0.2, 0.25) is 28.4 Å². The molecule has 0 saturated heterocycles. The van der Waals surface area contributed by atoms with Gasteiger partial charge in [0.1, 0.15) is 0 Å². The summed E-state index contributed by atoms with van der Waals surface area (Å²) in [6, 6.07) is 0. The summed E-state index contributed by atoms with van der Waals surface area (Å²) in [6.45, 7) is 0. The summed E-state index contributed by atoms with van der Waals surface area (Å²) in [5.41, 5.74) is 0. The molecule has 0 atom stereocenters. The lowest BCUT2D eigenvalue weighted by atomic mass is 13.9. The molecule has 0 fully saturated rings. The molecular weight excluding hydrogens is 348 g/mol. The SMILES string of the molecule is N=P(Cl)(Cl)N=P(Cl)(Cl)N=[P+](Cl)Cl. The standard InChI is InChI=1S/Cl6HN3P3/c1-10(2)8-12(5,6)9-11(3,4)7/h7H/q+1. The van der Waals surface area contributed by atoms with Gasteiger partial charge in [0, 0.05) is 0 Å². The molecule has 0 saturated carbocycles. The summed E-state index contributed by atoms with van der Waals surface area (Å²) in [5, 5.41) is 7.03. The zero-order valence-electron chi connectivity index (χ0n) is 5.00. The maximum atomic E-state index is 7.03. The Bertz CT molecular complexity index is 276. The maximum Gasteiger partial charge on any atom is 0.446 e. The molecule has 0 spiro atoms. The highest BCUT2D eigenvalue weighted by Gasteiger charge is 2.22. The monoisotopic (exact) mass is 346 g/mol. The van der Waals surface area contributed by atoms with Crippen LogP contribution in [-0.2, 0) is 0 Å². The second-order valence-electron chi connectivity index (χ2n) is 1.33. The van der Waals surface area contributed by atoms with Crippen molar-refractivity contribution < 1.29 is 0 Å². The molecule has 0 aromatic carbocycles. The second-order valence-corrected chi connectivity index (χ2v) is 14.3. The van der Waals surface area contributed by atoms with Gasteiger partial charge in [-0.05, 0) is 49.5 Å². The molecule has 0 unspecified atom stereocenters. The van der Waals surface area contributed by atoms with E-state index < -0.39 is 18.2 Å². The molecule has 0 amide bonds. The Morgan fingerprint density at radius 2 is 1.50 bits per heavy atom. The van der Waals surface area contributed by atoms with Gasteiger partial charge in [-0.25, -0.2) is 0 Å². The highest BCUT2D eigenvalue weighted by atomic mass is 35.9. The highest BCUT2D eigenvalue weighted by Crippen LogP contribution is 2.75. The summed E-state index contributed by atoms with van der Waals surface area (Å²) >= 11 is 32.3. The molecule has 12 heavy (non-hydrogen) atoms. The average molecular weight is 349 g/mol. The van der Waals surface area contributed by atoms with Crippen LogP contribution in [0.1, 0.15) is 0 Å². The molecule has 0 aromatic heterocycles. The van der Waals surface area contributed by atoms with E-state index in [0.717, 1.165) is 0 Å². The zero-order chi connectivity index (χ0) is 9.99. The zero-order valence-corrected chi connectivity index (χ0v) is 12.2. The second kappa shape index (κ2) is 5.40. The fourth-order valence-corrected chi connectivity index (χ4v) is 11.5. The van der Waals surface area contributed by atoms with Crippen molar-refractivity contribution in [3.63, 3.8) is 0 Å². The molecular formula is HCl6N3P3+. The summed E-state index contributed by atoms with van der Waals surface area (Å²) in [5.74, 6) is -6.25. The Labute approximate surface area is 99.2 Å². The van der Waals surface area contributed by atoms with Crippen molar-refractivity contribution in [3.05, 3.63) is 0 Å². The predicted molar refractivity (Wildman–Crippen MR) is 63.5 cm³/mol. The molecule has 0 aromatic rings. The fourth-order valence-electron chi connectivity index (χ4n) is 0.234. The number of nitrogens with zero attached hydrogens (tertiary/aromatic N) is 2. The number of halogens is 6. The van der Waals surface area contributed by atoms with Crippen LogP contribution in [-0.4, -0.2) is 0 Å². The van der Waals surface area contributed by atoms with Crippen LogP contribution in [0.3, 0.4) is 0 Å². The minimum absolute atomic E-state index is 1.66. The number of nitrogens with one attached hydrogen (secondary N) is 1.